The lowest BCUT2D eigenvalue weighted by Crippen LogP contribution is -2.42. The fourth-order valence-electron chi connectivity index (χ4n) is 3.47. The number of ketones is 1. The van der Waals surface area contributed by atoms with Crippen LogP contribution in [0.4, 0.5) is 0 Å². The van der Waals surface area contributed by atoms with E-state index in [9.17, 15) is 9.59 Å². The lowest BCUT2D eigenvalue weighted by atomic mass is 10.0. The van der Waals surface area contributed by atoms with Crippen LogP contribution in [0, 0.1) is 0 Å². The molecule has 7 heteroatoms. The molecule has 0 aliphatic carbocycles. The van der Waals surface area contributed by atoms with Gasteiger partial charge in [0.05, 0.1) is 11.8 Å². The van der Waals surface area contributed by atoms with Crippen molar-refractivity contribution >= 4 is 23.5 Å². The summed E-state index contributed by atoms with van der Waals surface area (Å²) in [4.78, 5) is 29.4. The normalized spacial score (nSPS) is 11.6. The smallest absolute Gasteiger partial charge is 0.231 e. The predicted octanol–water partition coefficient (Wildman–Crippen LogP) is 4.61. The first-order valence-electron chi connectivity index (χ1n) is 10.9. The maximum Gasteiger partial charge on any atom is 0.231 e. The number of benzene rings is 3. The summed E-state index contributed by atoms with van der Waals surface area (Å²) in [7, 11) is 0. The third kappa shape index (κ3) is 6.14. The minimum Gasteiger partial charge on any atom is -0.345 e. The van der Waals surface area contributed by atoms with E-state index in [1.807, 2.05) is 91.0 Å². The van der Waals surface area contributed by atoms with E-state index in [-0.39, 0.29) is 17.4 Å². The molecule has 1 heterocycles. The average molecular weight is 469 g/mol. The zero-order valence-electron chi connectivity index (χ0n) is 18.7. The summed E-state index contributed by atoms with van der Waals surface area (Å²) in [6.07, 6.45) is 0.453. The van der Waals surface area contributed by atoms with Gasteiger partial charge in [-0.15, -0.1) is 10.2 Å². The fourth-order valence-corrected chi connectivity index (χ4v) is 4.07. The number of amides is 1. The van der Waals surface area contributed by atoms with Gasteiger partial charge in [-0.05, 0) is 18.9 Å². The van der Waals surface area contributed by atoms with Crippen molar-refractivity contribution < 1.29 is 9.59 Å². The highest BCUT2D eigenvalue weighted by Gasteiger charge is 2.19. The zero-order chi connectivity index (χ0) is 23.8. The standard InChI is InChI=1S/C27H24N4O2S/c1-19(32)23(17-20-11-5-2-6-12-20)28-24(33)18-34-27-29-25(21-13-7-3-8-14-21)26(30-31-27)22-15-9-4-10-16-22/h2-16,23H,17-18H2,1H3,(H,28,33)/t23-/m1/s1. The number of nitrogens with zero attached hydrogens (tertiary/aromatic N) is 3. The Balaban J connectivity index is 1.48. The zero-order valence-corrected chi connectivity index (χ0v) is 19.5. The number of hydrogen-bond acceptors (Lipinski definition) is 6. The summed E-state index contributed by atoms with van der Waals surface area (Å²) >= 11 is 1.19. The molecule has 170 valence electrons. The molecule has 0 unspecified atom stereocenters. The number of hydrogen-bond donors (Lipinski definition) is 1. The molecule has 4 rings (SSSR count). The van der Waals surface area contributed by atoms with Crippen molar-refractivity contribution in [1.82, 2.24) is 20.5 Å². The Hall–Kier alpha value is -3.84. The van der Waals surface area contributed by atoms with Crippen molar-refractivity contribution in [3.05, 3.63) is 96.6 Å². The van der Waals surface area contributed by atoms with Gasteiger partial charge in [0, 0.05) is 11.1 Å². The maximum atomic E-state index is 12.6. The second-order valence-electron chi connectivity index (χ2n) is 7.73. The highest BCUT2D eigenvalue weighted by atomic mass is 32.2. The Labute approximate surface area is 202 Å². The largest absolute Gasteiger partial charge is 0.345 e. The van der Waals surface area contributed by atoms with E-state index < -0.39 is 6.04 Å². The van der Waals surface area contributed by atoms with Crippen molar-refractivity contribution in [2.75, 3.05) is 5.75 Å². The molecule has 0 aliphatic rings. The van der Waals surface area contributed by atoms with Crippen LogP contribution in [-0.2, 0) is 16.0 Å². The topological polar surface area (TPSA) is 84.8 Å². The summed E-state index contributed by atoms with van der Waals surface area (Å²) in [6.45, 7) is 1.49. The van der Waals surface area contributed by atoms with E-state index in [2.05, 4.69) is 15.5 Å². The Bertz CT molecular complexity index is 1250. The van der Waals surface area contributed by atoms with Gasteiger partial charge in [-0.3, -0.25) is 9.59 Å². The molecule has 0 saturated carbocycles. The number of carbonyl (C=O) groups excluding carboxylic acids is 2. The van der Waals surface area contributed by atoms with Gasteiger partial charge in [-0.2, -0.15) is 0 Å². The molecule has 1 N–H and O–H groups in total. The Kier molecular flexibility index (Phi) is 7.78. The van der Waals surface area contributed by atoms with Gasteiger partial charge in [0.2, 0.25) is 11.1 Å². The van der Waals surface area contributed by atoms with Crippen LogP contribution in [0.5, 0.6) is 0 Å². The molecule has 0 aliphatic heterocycles. The number of nitrogens with one attached hydrogen (secondary N) is 1. The van der Waals surface area contributed by atoms with E-state index in [1.54, 1.807) is 0 Å². The number of Topliss-reactive ketones (excluding diaryl/α,β-unsaturated/α-hetero) is 1. The van der Waals surface area contributed by atoms with Gasteiger partial charge < -0.3 is 5.32 Å². The lowest BCUT2D eigenvalue weighted by molar-refractivity contribution is -0.125. The molecule has 1 atom stereocenters. The van der Waals surface area contributed by atoms with E-state index in [1.165, 1.54) is 18.7 Å². The third-order valence-corrected chi connectivity index (χ3v) is 6.04. The Morgan fingerprint density at radius 2 is 1.35 bits per heavy atom. The molecular weight excluding hydrogens is 444 g/mol. The van der Waals surface area contributed by atoms with Crippen LogP contribution >= 0.6 is 11.8 Å². The summed E-state index contributed by atoms with van der Waals surface area (Å²) in [5, 5.41) is 11.9. The summed E-state index contributed by atoms with van der Waals surface area (Å²) in [5.41, 5.74) is 4.21. The second kappa shape index (κ2) is 11.3. The monoisotopic (exact) mass is 468 g/mol. The van der Waals surface area contributed by atoms with Gasteiger partial charge >= 0.3 is 0 Å². The van der Waals surface area contributed by atoms with Crippen LogP contribution in [-0.4, -0.2) is 38.7 Å². The van der Waals surface area contributed by atoms with E-state index in [4.69, 9.17) is 4.98 Å². The summed E-state index contributed by atoms with van der Waals surface area (Å²) in [6, 6.07) is 28.6. The Morgan fingerprint density at radius 1 is 0.794 bits per heavy atom. The SMILES string of the molecule is CC(=O)[C@@H](Cc1ccccc1)NC(=O)CSc1nnc(-c2ccccc2)c(-c2ccccc2)n1. The molecular formula is C27H24N4O2S. The van der Waals surface area contributed by atoms with Crippen LogP contribution in [0.2, 0.25) is 0 Å². The molecule has 34 heavy (non-hydrogen) atoms. The Morgan fingerprint density at radius 3 is 1.94 bits per heavy atom. The molecule has 0 bridgehead atoms. The average Bonchev–Trinajstić information content (AvgIpc) is 2.88. The van der Waals surface area contributed by atoms with Crippen molar-refractivity contribution in [1.29, 1.82) is 0 Å². The number of thioether (sulfide) groups is 1. The van der Waals surface area contributed by atoms with Crippen molar-refractivity contribution in [2.24, 2.45) is 0 Å². The minimum absolute atomic E-state index is 0.0825. The van der Waals surface area contributed by atoms with Gasteiger partial charge in [0.25, 0.3) is 0 Å². The van der Waals surface area contributed by atoms with Gasteiger partial charge in [0.1, 0.15) is 11.4 Å². The summed E-state index contributed by atoms with van der Waals surface area (Å²) < 4.78 is 0. The summed E-state index contributed by atoms with van der Waals surface area (Å²) in [5.74, 6) is -0.254. The van der Waals surface area contributed by atoms with Crippen LogP contribution in [0.3, 0.4) is 0 Å². The minimum atomic E-state index is -0.574. The molecule has 4 aromatic rings. The highest BCUT2D eigenvalue weighted by Crippen LogP contribution is 2.29. The van der Waals surface area contributed by atoms with Crippen molar-refractivity contribution in [3.63, 3.8) is 0 Å². The van der Waals surface area contributed by atoms with Gasteiger partial charge in [0.15, 0.2) is 5.78 Å². The van der Waals surface area contributed by atoms with Crippen LogP contribution in [0.25, 0.3) is 22.5 Å². The first kappa shape index (κ1) is 23.3. The number of carbonyl (C=O) groups is 2. The van der Waals surface area contributed by atoms with Gasteiger partial charge in [-0.1, -0.05) is 103 Å². The molecule has 6 nitrogen and oxygen atoms in total. The second-order valence-corrected chi connectivity index (χ2v) is 8.68. The molecule has 0 radical (unpaired) electrons. The molecule has 1 aromatic heterocycles. The fraction of sp³-hybridized carbons (Fsp3) is 0.148. The van der Waals surface area contributed by atoms with Crippen molar-refractivity contribution in [2.45, 2.75) is 24.5 Å². The third-order valence-electron chi connectivity index (χ3n) is 5.20. The van der Waals surface area contributed by atoms with E-state index in [0.717, 1.165) is 16.7 Å². The maximum absolute atomic E-state index is 12.6. The van der Waals surface area contributed by atoms with E-state index in [0.29, 0.717) is 23.0 Å². The molecule has 0 saturated heterocycles. The molecule has 0 fully saturated rings. The van der Waals surface area contributed by atoms with Gasteiger partial charge in [-0.25, -0.2) is 4.98 Å². The number of aromatic nitrogens is 3. The van der Waals surface area contributed by atoms with Crippen LogP contribution in [0.15, 0.2) is 96.2 Å². The van der Waals surface area contributed by atoms with Crippen LogP contribution in [0.1, 0.15) is 12.5 Å². The van der Waals surface area contributed by atoms with E-state index >= 15 is 0 Å². The quantitative estimate of drug-likeness (QED) is 0.361. The van der Waals surface area contributed by atoms with Crippen LogP contribution < -0.4 is 5.32 Å². The predicted molar refractivity (Wildman–Crippen MR) is 134 cm³/mol. The number of rotatable bonds is 9. The lowest BCUT2D eigenvalue weighted by Gasteiger charge is -2.16. The highest BCUT2D eigenvalue weighted by molar-refractivity contribution is 7.99. The molecule has 3 aromatic carbocycles. The first-order chi connectivity index (χ1) is 16.6. The molecule has 0 spiro atoms. The molecule has 1 amide bonds. The first-order valence-corrected chi connectivity index (χ1v) is 11.9. The van der Waals surface area contributed by atoms with Crippen molar-refractivity contribution in [3.8, 4) is 22.5 Å².